The number of pyridine rings is 1. The van der Waals surface area contributed by atoms with Gasteiger partial charge in [0.1, 0.15) is 11.5 Å². The van der Waals surface area contributed by atoms with Gasteiger partial charge in [-0.1, -0.05) is 6.07 Å². The van der Waals surface area contributed by atoms with E-state index in [1.165, 1.54) is 30.4 Å². The van der Waals surface area contributed by atoms with Gasteiger partial charge in [-0.25, -0.2) is 0 Å². The van der Waals surface area contributed by atoms with Crippen molar-refractivity contribution in [3.8, 4) is 11.5 Å². The summed E-state index contributed by atoms with van der Waals surface area (Å²) in [5, 5.41) is 0. The third-order valence-corrected chi connectivity index (χ3v) is 3.88. The van der Waals surface area contributed by atoms with E-state index in [-0.39, 0.29) is 6.04 Å². The number of nitrogens with two attached hydrogens (primary N) is 1. The first-order valence-electron chi connectivity index (χ1n) is 7.70. The monoisotopic (exact) mass is 282 g/mol. The summed E-state index contributed by atoms with van der Waals surface area (Å²) in [6.45, 7) is 2.00. The predicted molar refractivity (Wildman–Crippen MR) is 84.7 cm³/mol. The third-order valence-electron chi connectivity index (χ3n) is 3.88. The summed E-state index contributed by atoms with van der Waals surface area (Å²) in [4.78, 5) is 4.24. The highest BCUT2D eigenvalue weighted by Crippen LogP contribution is 2.28. The second-order valence-electron chi connectivity index (χ2n) is 5.95. The average Bonchev–Trinajstić information content (AvgIpc) is 2.47. The fourth-order valence-electron chi connectivity index (χ4n) is 2.91. The molecule has 21 heavy (non-hydrogen) atoms. The van der Waals surface area contributed by atoms with Crippen LogP contribution in [-0.2, 0) is 19.3 Å². The molecule has 0 saturated heterocycles. The Bertz CT molecular complexity index is 622. The molecule has 0 bridgehead atoms. The second kappa shape index (κ2) is 6.27. The molecule has 1 unspecified atom stereocenters. The number of hydrogen-bond acceptors (Lipinski definition) is 3. The van der Waals surface area contributed by atoms with Crippen molar-refractivity contribution in [2.45, 2.75) is 45.1 Å². The Hall–Kier alpha value is -1.87. The van der Waals surface area contributed by atoms with Gasteiger partial charge in [-0.15, -0.1) is 0 Å². The summed E-state index contributed by atoms with van der Waals surface area (Å²) in [5.74, 6) is 1.68. The van der Waals surface area contributed by atoms with Gasteiger partial charge in [0, 0.05) is 12.2 Å². The Morgan fingerprint density at radius 3 is 2.71 bits per heavy atom. The average molecular weight is 282 g/mol. The maximum Gasteiger partial charge on any atom is 0.145 e. The van der Waals surface area contributed by atoms with Crippen LogP contribution in [0.1, 0.15) is 36.5 Å². The Balaban J connectivity index is 1.77. The van der Waals surface area contributed by atoms with Crippen LogP contribution in [0.3, 0.4) is 0 Å². The maximum atomic E-state index is 5.96. The topological polar surface area (TPSA) is 48.1 Å². The van der Waals surface area contributed by atoms with Crippen molar-refractivity contribution in [1.82, 2.24) is 4.98 Å². The predicted octanol–water partition coefficient (Wildman–Crippen LogP) is 3.64. The van der Waals surface area contributed by atoms with Gasteiger partial charge in [0.25, 0.3) is 0 Å². The zero-order valence-electron chi connectivity index (χ0n) is 12.5. The molecule has 1 aromatic carbocycles. The van der Waals surface area contributed by atoms with E-state index in [4.69, 9.17) is 10.5 Å². The van der Waals surface area contributed by atoms with Crippen LogP contribution in [0.25, 0.3) is 0 Å². The summed E-state index contributed by atoms with van der Waals surface area (Å²) in [6.07, 6.45) is 9.36. The van der Waals surface area contributed by atoms with Crippen LogP contribution >= 0.6 is 0 Å². The van der Waals surface area contributed by atoms with Crippen molar-refractivity contribution in [1.29, 1.82) is 0 Å². The van der Waals surface area contributed by atoms with Gasteiger partial charge in [0.2, 0.25) is 0 Å². The lowest BCUT2D eigenvalue weighted by Crippen LogP contribution is -2.17. The number of rotatable bonds is 4. The lowest BCUT2D eigenvalue weighted by molar-refractivity contribution is 0.477. The molecule has 2 N–H and O–H groups in total. The SMILES string of the molecule is CC(N)Cc1cncc(Oc2ccc3c(c2)CCCC3)c1. The zero-order chi connectivity index (χ0) is 14.7. The first-order chi connectivity index (χ1) is 10.2. The van der Waals surface area contributed by atoms with Crippen molar-refractivity contribution in [3.05, 3.63) is 53.3 Å². The van der Waals surface area contributed by atoms with Gasteiger partial charge in [0.15, 0.2) is 0 Å². The molecule has 1 aliphatic rings. The second-order valence-corrected chi connectivity index (χ2v) is 5.95. The molecule has 0 amide bonds. The van der Waals surface area contributed by atoms with Crippen molar-refractivity contribution < 1.29 is 4.74 Å². The first-order valence-corrected chi connectivity index (χ1v) is 7.70. The highest BCUT2D eigenvalue weighted by molar-refractivity contribution is 5.39. The van der Waals surface area contributed by atoms with E-state index in [9.17, 15) is 0 Å². The Kier molecular flexibility index (Phi) is 4.20. The molecular weight excluding hydrogens is 260 g/mol. The minimum atomic E-state index is 0.130. The summed E-state index contributed by atoms with van der Waals surface area (Å²) < 4.78 is 5.96. The molecule has 3 rings (SSSR count). The molecule has 1 aliphatic carbocycles. The van der Waals surface area contributed by atoms with Gasteiger partial charge in [0.05, 0.1) is 6.20 Å². The van der Waals surface area contributed by atoms with Crippen molar-refractivity contribution in [3.63, 3.8) is 0 Å². The summed E-state index contributed by atoms with van der Waals surface area (Å²) in [6, 6.07) is 8.58. The minimum Gasteiger partial charge on any atom is -0.456 e. The Morgan fingerprint density at radius 2 is 1.90 bits per heavy atom. The van der Waals surface area contributed by atoms with Crippen LogP contribution in [0, 0.1) is 0 Å². The molecule has 3 nitrogen and oxygen atoms in total. The molecule has 1 heterocycles. The van der Waals surface area contributed by atoms with Crippen LogP contribution < -0.4 is 10.5 Å². The number of aryl methyl sites for hydroxylation is 2. The first kappa shape index (κ1) is 14.1. The molecule has 0 radical (unpaired) electrons. The van der Waals surface area contributed by atoms with Gasteiger partial charge in [-0.05, 0) is 73.9 Å². The van der Waals surface area contributed by atoms with Gasteiger partial charge in [-0.3, -0.25) is 4.98 Å². The van der Waals surface area contributed by atoms with E-state index < -0.39 is 0 Å². The molecule has 2 aromatic rings. The van der Waals surface area contributed by atoms with Gasteiger partial charge in [-0.2, -0.15) is 0 Å². The fraction of sp³-hybridized carbons (Fsp3) is 0.389. The lowest BCUT2D eigenvalue weighted by atomic mass is 9.92. The largest absolute Gasteiger partial charge is 0.456 e. The van der Waals surface area contributed by atoms with Crippen molar-refractivity contribution in [2.24, 2.45) is 5.73 Å². The Morgan fingerprint density at radius 1 is 1.10 bits per heavy atom. The minimum absolute atomic E-state index is 0.130. The summed E-state index contributed by atoms with van der Waals surface area (Å²) >= 11 is 0. The van der Waals surface area contributed by atoms with Crippen LogP contribution in [-0.4, -0.2) is 11.0 Å². The van der Waals surface area contributed by atoms with Crippen LogP contribution in [0.2, 0.25) is 0 Å². The molecule has 0 fully saturated rings. The molecule has 0 saturated carbocycles. The van der Waals surface area contributed by atoms with Gasteiger partial charge >= 0.3 is 0 Å². The highest BCUT2D eigenvalue weighted by Gasteiger charge is 2.10. The smallest absolute Gasteiger partial charge is 0.145 e. The van der Waals surface area contributed by atoms with E-state index in [0.717, 1.165) is 29.9 Å². The summed E-state index contributed by atoms with van der Waals surface area (Å²) in [5.41, 5.74) is 9.85. The molecule has 110 valence electrons. The standard InChI is InChI=1S/C18H22N2O/c1-13(19)8-14-9-18(12-20-11-14)21-17-7-6-15-4-2-3-5-16(15)10-17/h6-7,9-13H,2-5,8,19H2,1H3. The summed E-state index contributed by atoms with van der Waals surface area (Å²) in [7, 11) is 0. The van der Waals surface area contributed by atoms with Crippen molar-refractivity contribution >= 4 is 0 Å². The molecule has 3 heteroatoms. The van der Waals surface area contributed by atoms with Crippen molar-refractivity contribution in [2.75, 3.05) is 0 Å². The highest BCUT2D eigenvalue weighted by atomic mass is 16.5. The lowest BCUT2D eigenvalue weighted by Gasteiger charge is -2.16. The van der Waals surface area contributed by atoms with E-state index in [0.29, 0.717) is 0 Å². The normalized spacial score (nSPS) is 15.3. The maximum absolute atomic E-state index is 5.96. The Labute approximate surface area is 126 Å². The number of nitrogens with zero attached hydrogens (tertiary/aromatic N) is 1. The number of ether oxygens (including phenoxy) is 1. The van der Waals surface area contributed by atoms with E-state index in [1.807, 2.05) is 19.2 Å². The number of hydrogen-bond donors (Lipinski definition) is 1. The van der Waals surface area contributed by atoms with Gasteiger partial charge < -0.3 is 10.5 Å². The number of aromatic nitrogens is 1. The number of benzene rings is 1. The molecule has 0 spiro atoms. The van der Waals surface area contributed by atoms with Crippen LogP contribution in [0.4, 0.5) is 0 Å². The van der Waals surface area contributed by atoms with E-state index >= 15 is 0 Å². The van der Waals surface area contributed by atoms with E-state index in [2.05, 4.69) is 23.2 Å². The molecule has 1 aromatic heterocycles. The molecule has 1 atom stereocenters. The molecule has 0 aliphatic heterocycles. The third kappa shape index (κ3) is 3.61. The van der Waals surface area contributed by atoms with Crippen LogP contribution in [0.15, 0.2) is 36.7 Å². The fourth-order valence-corrected chi connectivity index (χ4v) is 2.91. The quantitative estimate of drug-likeness (QED) is 0.931. The van der Waals surface area contributed by atoms with Crippen LogP contribution in [0.5, 0.6) is 11.5 Å². The number of fused-ring (bicyclic) bond motifs is 1. The zero-order valence-corrected chi connectivity index (χ0v) is 12.5. The van der Waals surface area contributed by atoms with E-state index in [1.54, 1.807) is 6.20 Å². The molecular formula is C18H22N2O.